The van der Waals surface area contributed by atoms with Crippen molar-refractivity contribution in [3.63, 3.8) is 0 Å². The smallest absolute Gasteiger partial charge is 0.261 e. The second kappa shape index (κ2) is 7.54. The van der Waals surface area contributed by atoms with Crippen molar-refractivity contribution in [2.45, 2.75) is 20.3 Å². The number of rotatable bonds is 6. The maximum absolute atomic E-state index is 12.1. The van der Waals surface area contributed by atoms with Crippen LogP contribution in [0.4, 0.5) is 0 Å². The summed E-state index contributed by atoms with van der Waals surface area (Å²) in [5.74, 6) is -0.283. The maximum atomic E-state index is 12.1. The molecule has 1 aliphatic heterocycles. The van der Waals surface area contributed by atoms with Crippen LogP contribution in [0, 0.1) is 6.92 Å². The first-order chi connectivity index (χ1) is 10.4. The van der Waals surface area contributed by atoms with E-state index < -0.39 is 10.0 Å². The van der Waals surface area contributed by atoms with Crippen LogP contribution in [-0.4, -0.2) is 57.2 Å². The summed E-state index contributed by atoms with van der Waals surface area (Å²) in [4.78, 5) is 13.9. The lowest BCUT2D eigenvalue weighted by atomic mass is 10.2. The Bertz CT molecular complexity index is 619. The molecule has 0 unspecified atom stereocenters. The summed E-state index contributed by atoms with van der Waals surface area (Å²) in [5, 5.41) is 2.69. The summed E-state index contributed by atoms with van der Waals surface area (Å²) in [6, 6.07) is 1.86. The van der Waals surface area contributed by atoms with Crippen molar-refractivity contribution >= 4 is 27.3 Å². The van der Waals surface area contributed by atoms with Gasteiger partial charge < -0.3 is 10.1 Å². The highest BCUT2D eigenvalue weighted by atomic mass is 32.2. The zero-order valence-electron chi connectivity index (χ0n) is 12.9. The summed E-state index contributed by atoms with van der Waals surface area (Å²) in [6.07, 6.45) is 0.898. The quantitative estimate of drug-likeness (QED) is 0.834. The van der Waals surface area contributed by atoms with E-state index in [0.29, 0.717) is 31.2 Å². The number of carbonyl (C=O) groups is 1. The fraction of sp³-hybridized carbons (Fsp3) is 0.643. The van der Waals surface area contributed by atoms with E-state index in [0.717, 1.165) is 12.0 Å². The predicted octanol–water partition coefficient (Wildman–Crippen LogP) is 1.01. The largest absolute Gasteiger partial charge is 0.379 e. The molecule has 6 nitrogen and oxygen atoms in total. The number of nitrogens with one attached hydrogen (secondary N) is 1. The highest BCUT2D eigenvalue weighted by molar-refractivity contribution is 7.89. The number of carbonyl (C=O) groups excluding carboxylic acids is 1. The van der Waals surface area contributed by atoms with E-state index in [2.05, 4.69) is 12.2 Å². The van der Waals surface area contributed by atoms with Gasteiger partial charge in [0.25, 0.3) is 5.91 Å². The summed E-state index contributed by atoms with van der Waals surface area (Å²) >= 11 is 1.47. The monoisotopic (exact) mass is 346 g/mol. The summed E-state index contributed by atoms with van der Waals surface area (Å²) in [5.41, 5.74) is 1.11. The van der Waals surface area contributed by atoms with Crippen molar-refractivity contribution in [3.8, 4) is 0 Å². The van der Waals surface area contributed by atoms with Crippen molar-refractivity contribution in [2.75, 3.05) is 38.6 Å². The summed E-state index contributed by atoms with van der Waals surface area (Å²) < 4.78 is 30.8. The molecular weight excluding hydrogens is 324 g/mol. The van der Waals surface area contributed by atoms with Crippen LogP contribution >= 0.6 is 11.3 Å². The van der Waals surface area contributed by atoms with Gasteiger partial charge in [0.05, 0.1) is 23.8 Å². The standard InChI is InChI=1S/C14H22N2O4S2/c1-3-12-11(2)10-13(21-12)14(17)15-4-9-22(18,19)16-5-7-20-8-6-16/h10H,3-9H2,1-2H3,(H,15,17). The van der Waals surface area contributed by atoms with Gasteiger partial charge in [-0.25, -0.2) is 8.42 Å². The Morgan fingerprint density at radius 2 is 2.09 bits per heavy atom. The van der Waals surface area contributed by atoms with E-state index in [9.17, 15) is 13.2 Å². The Morgan fingerprint density at radius 1 is 1.41 bits per heavy atom. The molecule has 2 heterocycles. The molecule has 22 heavy (non-hydrogen) atoms. The molecule has 0 saturated carbocycles. The number of hydrogen-bond acceptors (Lipinski definition) is 5. The van der Waals surface area contributed by atoms with Crippen molar-refractivity contribution < 1.29 is 17.9 Å². The van der Waals surface area contributed by atoms with Crippen LogP contribution in [0.1, 0.15) is 27.0 Å². The minimum atomic E-state index is -3.33. The van der Waals surface area contributed by atoms with Crippen molar-refractivity contribution in [3.05, 3.63) is 21.4 Å². The van der Waals surface area contributed by atoms with Crippen LogP contribution in [0.3, 0.4) is 0 Å². The van der Waals surface area contributed by atoms with Crippen LogP contribution in [0.2, 0.25) is 0 Å². The third-order valence-corrected chi connectivity index (χ3v) is 6.83. The van der Waals surface area contributed by atoms with Crippen LogP contribution in [0.5, 0.6) is 0 Å². The van der Waals surface area contributed by atoms with E-state index in [1.54, 1.807) is 0 Å². The molecule has 1 saturated heterocycles. The molecule has 1 amide bonds. The second-order valence-electron chi connectivity index (χ2n) is 5.15. The summed E-state index contributed by atoms with van der Waals surface area (Å²) in [6.45, 7) is 5.79. The van der Waals surface area contributed by atoms with Gasteiger partial charge in [-0.3, -0.25) is 4.79 Å². The third-order valence-electron chi connectivity index (χ3n) is 3.57. The highest BCUT2D eigenvalue weighted by Crippen LogP contribution is 2.22. The number of nitrogens with zero attached hydrogens (tertiary/aromatic N) is 1. The Hall–Kier alpha value is -0.960. The predicted molar refractivity (Wildman–Crippen MR) is 86.9 cm³/mol. The number of amides is 1. The zero-order valence-corrected chi connectivity index (χ0v) is 14.6. The summed E-state index contributed by atoms with van der Waals surface area (Å²) in [7, 11) is -3.33. The third kappa shape index (κ3) is 4.28. The van der Waals surface area contributed by atoms with Gasteiger partial charge in [0.2, 0.25) is 10.0 Å². The molecule has 0 atom stereocenters. The van der Waals surface area contributed by atoms with Gasteiger partial charge in [-0.2, -0.15) is 4.31 Å². The number of hydrogen-bond donors (Lipinski definition) is 1. The molecule has 1 aliphatic rings. The first-order valence-corrected chi connectivity index (χ1v) is 9.79. The molecule has 0 radical (unpaired) electrons. The molecule has 8 heteroatoms. The molecule has 0 aliphatic carbocycles. The van der Waals surface area contributed by atoms with Crippen LogP contribution in [0.15, 0.2) is 6.07 Å². The fourth-order valence-corrected chi connectivity index (χ4v) is 4.67. The molecule has 1 aromatic rings. The maximum Gasteiger partial charge on any atom is 0.261 e. The SMILES string of the molecule is CCc1sc(C(=O)NCCS(=O)(=O)N2CCOCC2)cc1C. The average Bonchev–Trinajstić information content (AvgIpc) is 2.89. The van der Waals surface area contributed by atoms with Gasteiger partial charge in [-0.15, -0.1) is 11.3 Å². The van der Waals surface area contributed by atoms with E-state index in [1.807, 2.05) is 13.0 Å². The molecule has 0 spiro atoms. The van der Waals surface area contributed by atoms with Crippen LogP contribution in [0.25, 0.3) is 0 Å². The minimum Gasteiger partial charge on any atom is -0.379 e. The second-order valence-corrected chi connectivity index (χ2v) is 8.38. The molecule has 1 fully saturated rings. The zero-order chi connectivity index (χ0) is 16.2. The molecular formula is C14H22N2O4S2. The topological polar surface area (TPSA) is 75.7 Å². The molecule has 0 bridgehead atoms. The molecule has 0 aromatic carbocycles. The van der Waals surface area contributed by atoms with Crippen molar-refractivity contribution in [1.82, 2.24) is 9.62 Å². The normalized spacial score (nSPS) is 16.6. The number of aryl methyl sites for hydroxylation is 2. The fourth-order valence-electron chi connectivity index (χ4n) is 2.32. The minimum absolute atomic E-state index is 0.0796. The van der Waals surface area contributed by atoms with Gasteiger partial charge in [0.1, 0.15) is 0 Å². The van der Waals surface area contributed by atoms with Crippen LogP contribution < -0.4 is 5.32 Å². The molecule has 1 aromatic heterocycles. The van der Waals surface area contributed by atoms with E-state index >= 15 is 0 Å². The van der Waals surface area contributed by atoms with E-state index in [1.165, 1.54) is 20.5 Å². The van der Waals surface area contributed by atoms with E-state index in [-0.39, 0.29) is 18.2 Å². The Balaban J connectivity index is 1.85. The number of morpholine rings is 1. The van der Waals surface area contributed by atoms with Crippen molar-refractivity contribution in [1.29, 1.82) is 0 Å². The molecule has 124 valence electrons. The molecule has 2 rings (SSSR count). The molecule has 1 N–H and O–H groups in total. The number of thiophene rings is 1. The number of ether oxygens (including phenoxy) is 1. The first-order valence-electron chi connectivity index (χ1n) is 7.37. The highest BCUT2D eigenvalue weighted by Gasteiger charge is 2.24. The Labute approximate surface area is 135 Å². The lowest BCUT2D eigenvalue weighted by molar-refractivity contribution is 0.0730. The lowest BCUT2D eigenvalue weighted by Crippen LogP contribution is -2.43. The van der Waals surface area contributed by atoms with Gasteiger partial charge in [0.15, 0.2) is 0 Å². The van der Waals surface area contributed by atoms with Gasteiger partial charge in [-0.1, -0.05) is 6.92 Å². The van der Waals surface area contributed by atoms with Crippen LogP contribution in [-0.2, 0) is 21.2 Å². The lowest BCUT2D eigenvalue weighted by Gasteiger charge is -2.25. The Kier molecular flexibility index (Phi) is 5.96. The Morgan fingerprint density at radius 3 is 2.68 bits per heavy atom. The van der Waals surface area contributed by atoms with Gasteiger partial charge >= 0.3 is 0 Å². The average molecular weight is 346 g/mol. The van der Waals surface area contributed by atoms with E-state index in [4.69, 9.17) is 4.74 Å². The van der Waals surface area contributed by atoms with Gasteiger partial charge in [-0.05, 0) is 25.0 Å². The van der Waals surface area contributed by atoms with Gasteiger partial charge in [0, 0.05) is 24.5 Å². The number of sulfonamides is 1. The van der Waals surface area contributed by atoms with Crippen molar-refractivity contribution in [2.24, 2.45) is 0 Å². The first kappa shape index (κ1) is 17.4.